The second kappa shape index (κ2) is 7.68. The molecule has 0 aromatic heterocycles. The van der Waals surface area contributed by atoms with Gasteiger partial charge in [0.25, 0.3) is 5.91 Å². The molecule has 0 heterocycles. The van der Waals surface area contributed by atoms with E-state index < -0.39 is 35.2 Å². The van der Waals surface area contributed by atoms with E-state index in [0.29, 0.717) is 0 Å². The van der Waals surface area contributed by atoms with E-state index in [1.165, 1.54) is 6.92 Å². The van der Waals surface area contributed by atoms with Crippen molar-refractivity contribution < 1.29 is 23.1 Å². The molecule has 1 N–H and O–H groups in total. The van der Waals surface area contributed by atoms with Gasteiger partial charge in [0.15, 0.2) is 6.10 Å². The summed E-state index contributed by atoms with van der Waals surface area (Å²) in [5.74, 6) is -3.85. The van der Waals surface area contributed by atoms with E-state index in [1.54, 1.807) is 6.92 Å². The highest BCUT2D eigenvalue weighted by Gasteiger charge is 2.24. The number of amides is 1. The van der Waals surface area contributed by atoms with Crippen molar-refractivity contribution in [3.8, 4) is 0 Å². The van der Waals surface area contributed by atoms with Crippen LogP contribution in [0, 0.1) is 11.6 Å². The molecule has 0 aliphatic heterocycles. The fourth-order valence-electron chi connectivity index (χ4n) is 2.12. The Labute approximate surface area is 138 Å². The van der Waals surface area contributed by atoms with E-state index in [2.05, 4.69) is 5.32 Å². The van der Waals surface area contributed by atoms with Gasteiger partial charge >= 0.3 is 5.97 Å². The molecule has 0 saturated carbocycles. The number of nitrogens with one attached hydrogen (secondary N) is 1. The van der Waals surface area contributed by atoms with Crippen molar-refractivity contribution >= 4 is 11.9 Å². The summed E-state index contributed by atoms with van der Waals surface area (Å²) in [4.78, 5) is 24.0. The first-order chi connectivity index (χ1) is 11.4. The Hall–Kier alpha value is -2.76. The molecule has 4 nitrogen and oxygen atoms in total. The highest BCUT2D eigenvalue weighted by Crippen LogP contribution is 2.15. The summed E-state index contributed by atoms with van der Waals surface area (Å²) in [5.41, 5.74) is 0.0674. The molecule has 2 rings (SSSR count). The van der Waals surface area contributed by atoms with Crippen LogP contribution in [0.3, 0.4) is 0 Å². The molecule has 0 aliphatic carbocycles. The lowest BCUT2D eigenvalue weighted by Crippen LogP contribution is -2.37. The lowest BCUT2D eigenvalue weighted by Gasteiger charge is -2.18. The average molecular weight is 333 g/mol. The zero-order chi connectivity index (χ0) is 17.7. The van der Waals surface area contributed by atoms with Crippen LogP contribution in [0.2, 0.25) is 0 Å². The SMILES string of the molecule is CC(OC(=O)c1c(F)cccc1F)C(=O)NC(C)c1ccccc1. The summed E-state index contributed by atoms with van der Waals surface area (Å²) < 4.78 is 32.0. The van der Waals surface area contributed by atoms with Crippen LogP contribution >= 0.6 is 0 Å². The van der Waals surface area contributed by atoms with Crippen LogP contribution < -0.4 is 5.32 Å². The number of hydrogen-bond acceptors (Lipinski definition) is 3. The van der Waals surface area contributed by atoms with Gasteiger partial charge in [0.05, 0.1) is 6.04 Å². The molecule has 0 saturated heterocycles. The quantitative estimate of drug-likeness (QED) is 0.854. The molecule has 2 aromatic carbocycles. The van der Waals surface area contributed by atoms with Crippen LogP contribution in [-0.4, -0.2) is 18.0 Å². The van der Waals surface area contributed by atoms with Gasteiger partial charge in [0.2, 0.25) is 0 Å². The van der Waals surface area contributed by atoms with Crippen molar-refractivity contribution in [1.82, 2.24) is 5.32 Å². The van der Waals surface area contributed by atoms with Gasteiger partial charge in [-0.15, -0.1) is 0 Å². The topological polar surface area (TPSA) is 55.4 Å². The zero-order valence-corrected chi connectivity index (χ0v) is 13.3. The van der Waals surface area contributed by atoms with Crippen LogP contribution in [0.5, 0.6) is 0 Å². The molecule has 6 heteroatoms. The highest BCUT2D eigenvalue weighted by molar-refractivity contribution is 5.92. The third-order valence-corrected chi connectivity index (χ3v) is 3.48. The molecule has 0 aliphatic rings. The maximum Gasteiger partial charge on any atom is 0.344 e. The second-order valence-corrected chi connectivity index (χ2v) is 5.29. The van der Waals surface area contributed by atoms with Crippen LogP contribution in [-0.2, 0) is 9.53 Å². The van der Waals surface area contributed by atoms with Crippen molar-refractivity contribution in [3.05, 3.63) is 71.3 Å². The van der Waals surface area contributed by atoms with Gasteiger partial charge in [-0.25, -0.2) is 13.6 Å². The Balaban J connectivity index is 2.00. The predicted octanol–water partition coefficient (Wildman–Crippen LogP) is 3.39. The molecule has 0 radical (unpaired) electrons. The standard InChI is InChI=1S/C18H17F2NO3/c1-11(13-7-4-3-5-8-13)21-17(22)12(2)24-18(23)16-14(19)9-6-10-15(16)20/h3-12H,1-2H3,(H,21,22). The molecule has 0 bridgehead atoms. The van der Waals surface area contributed by atoms with Crippen molar-refractivity contribution in [3.63, 3.8) is 0 Å². The first kappa shape index (κ1) is 17.6. The fourth-order valence-corrected chi connectivity index (χ4v) is 2.12. The van der Waals surface area contributed by atoms with E-state index in [-0.39, 0.29) is 6.04 Å². The number of esters is 1. The molecule has 126 valence electrons. The molecule has 2 atom stereocenters. The van der Waals surface area contributed by atoms with E-state index in [9.17, 15) is 18.4 Å². The van der Waals surface area contributed by atoms with Crippen LogP contribution in [0.15, 0.2) is 48.5 Å². The number of hydrogen-bond donors (Lipinski definition) is 1. The Morgan fingerprint density at radius 3 is 2.12 bits per heavy atom. The Morgan fingerprint density at radius 1 is 0.958 bits per heavy atom. The summed E-state index contributed by atoms with van der Waals surface area (Å²) in [6.07, 6.45) is -1.19. The molecule has 0 fully saturated rings. The molecule has 2 aromatic rings. The maximum atomic E-state index is 13.5. The first-order valence-corrected chi connectivity index (χ1v) is 7.40. The Bertz CT molecular complexity index is 714. The van der Waals surface area contributed by atoms with Gasteiger partial charge in [-0.2, -0.15) is 0 Å². The number of halogens is 2. The minimum atomic E-state index is -1.22. The number of rotatable bonds is 5. The smallest absolute Gasteiger partial charge is 0.344 e. The maximum absolute atomic E-state index is 13.5. The van der Waals surface area contributed by atoms with E-state index in [1.807, 2.05) is 30.3 Å². The summed E-state index contributed by atoms with van der Waals surface area (Å²) in [6, 6.07) is 11.9. The van der Waals surface area contributed by atoms with Crippen molar-refractivity contribution in [2.45, 2.75) is 26.0 Å². The van der Waals surface area contributed by atoms with E-state index >= 15 is 0 Å². The lowest BCUT2D eigenvalue weighted by molar-refractivity contribution is -0.129. The minimum Gasteiger partial charge on any atom is -0.449 e. The van der Waals surface area contributed by atoms with Gasteiger partial charge in [0, 0.05) is 0 Å². The van der Waals surface area contributed by atoms with Crippen LogP contribution in [0.1, 0.15) is 35.8 Å². The third kappa shape index (κ3) is 4.16. The van der Waals surface area contributed by atoms with E-state index in [4.69, 9.17) is 4.74 Å². The Morgan fingerprint density at radius 2 is 1.54 bits per heavy atom. The average Bonchev–Trinajstić information content (AvgIpc) is 2.55. The summed E-state index contributed by atoms with van der Waals surface area (Å²) in [5, 5.41) is 2.68. The monoisotopic (exact) mass is 333 g/mol. The number of ether oxygens (including phenoxy) is 1. The molecule has 1 amide bonds. The zero-order valence-electron chi connectivity index (χ0n) is 13.3. The molecular formula is C18H17F2NO3. The third-order valence-electron chi connectivity index (χ3n) is 3.48. The van der Waals surface area contributed by atoms with Gasteiger partial charge < -0.3 is 10.1 Å². The van der Waals surface area contributed by atoms with Gasteiger partial charge in [-0.05, 0) is 31.5 Å². The number of carbonyl (C=O) groups excluding carboxylic acids is 2. The number of carbonyl (C=O) groups is 2. The molecule has 24 heavy (non-hydrogen) atoms. The molecular weight excluding hydrogens is 316 g/mol. The fraction of sp³-hybridized carbons (Fsp3) is 0.222. The van der Waals surface area contributed by atoms with Crippen molar-refractivity contribution in [2.24, 2.45) is 0 Å². The minimum absolute atomic E-state index is 0.301. The van der Waals surface area contributed by atoms with Crippen LogP contribution in [0.25, 0.3) is 0 Å². The summed E-state index contributed by atoms with van der Waals surface area (Å²) in [6.45, 7) is 3.11. The molecule has 0 spiro atoms. The van der Waals surface area contributed by atoms with Gasteiger partial charge in [-0.3, -0.25) is 4.79 Å². The lowest BCUT2D eigenvalue weighted by atomic mass is 10.1. The first-order valence-electron chi connectivity index (χ1n) is 7.40. The number of benzene rings is 2. The van der Waals surface area contributed by atoms with Gasteiger partial charge in [0.1, 0.15) is 17.2 Å². The molecule has 2 unspecified atom stereocenters. The second-order valence-electron chi connectivity index (χ2n) is 5.29. The Kier molecular flexibility index (Phi) is 5.63. The van der Waals surface area contributed by atoms with Crippen LogP contribution in [0.4, 0.5) is 8.78 Å². The normalized spacial score (nSPS) is 13.0. The van der Waals surface area contributed by atoms with E-state index in [0.717, 1.165) is 23.8 Å². The summed E-state index contributed by atoms with van der Waals surface area (Å²) in [7, 11) is 0. The summed E-state index contributed by atoms with van der Waals surface area (Å²) >= 11 is 0. The highest BCUT2D eigenvalue weighted by atomic mass is 19.1. The largest absolute Gasteiger partial charge is 0.449 e. The van der Waals surface area contributed by atoms with Crippen molar-refractivity contribution in [2.75, 3.05) is 0 Å². The van der Waals surface area contributed by atoms with Gasteiger partial charge in [-0.1, -0.05) is 36.4 Å². The predicted molar refractivity (Wildman–Crippen MR) is 84.2 cm³/mol. The van der Waals surface area contributed by atoms with Crippen molar-refractivity contribution in [1.29, 1.82) is 0 Å².